The zero-order valence-electron chi connectivity index (χ0n) is 12.2. The van der Waals surface area contributed by atoms with Crippen molar-refractivity contribution in [3.8, 4) is 0 Å². The van der Waals surface area contributed by atoms with Crippen molar-refractivity contribution < 1.29 is 9.90 Å². The molecule has 0 spiro atoms. The lowest BCUT2D eigenvalue weighted by Crippen LogP contribution is -2.47. The Bertz CT molecular complexity index is 305. The van der Waals surface area contributed by atoms with Gasteiger partial charge in [0.15, 0.2) is 0 Å². The maximum absolute atomic E-state index is 12.2. The van der Waals surface area contributed by atoms with Crippen LogP contribution in [0.1, 0.15) is 46.0 Å². The third kappa shape index (κ3) is 4.38. The van der Waals surface area contributed by atoms with Gasteiger partial charge in [-0.3, -0.25) is 4.79 Å². The van der Waals surface area contributed by atoms with Crippen LogP contribution >= 0.6 is 11.8 Å². The van der Waals surface area contributed by atoms with Crippen LogP contribution in [0.25, 0.3) is 0 Å². The van der Waals surface area contributed by atoms with E-state index in [0.717, 1.165) is 37.2 Å². The highest BCUT2D eigenvalue weighted by molar-refractivity contribution is 7.99. The molecule has 2 rings (SSSR count). The standard InChI is InChI=1S/C15H27NO2S/c1-11-7-12(2)9-13(8-11)14(17)16-10-15(18)3-5-19-6-4-15/h11-13,18H,3-10H2,1-2H3,(H,16,17). The van der Waals surface area contributed by atoms with E-state index < -0.39 is 5.60 Å². The Morgan fingerprint density at radius 3 is 2.37 bits per heavy atom. The van der Waals surface area contributed by atoms with Crippen molar-refractivity contribution in [1.82, 2.24) is 5.32 Å². The predicted octanol–water partition coefficient (Wildman–Crippen LogP) is 2.43. The van der Waals surface area contributed by atoms with E-state index in [9.17, 15) is 9.90 Å². The molecule has 3 nitrogen and oxygen atoms in total. The van der Waals surface area contributed by atoms with Crippen LogP contribution in [0.5, 0.6) is 0 Å². The zero-order valence-corrected chi connectivity index (χ0v) is 13.0. The van der Waals surface area contributed by atoms with Crippen LogP contribution in [-0.4, -0.2) is 34.7 Å². The first-order chi connectivity index (χ1) is 8.98. The van der Waals surface area contributed by atoms with Crippen molar-refractivity contribution in [2.45, 2.75) is 51.6 Å². The molecule has 0 aromatic carbocycles. The monoisotopic (exact) mass is 285 g/mol. The number of carbonyl (C=O) groups is 1. The summed E-state index contributed by atoms with van der Waals surface area (Å²) >= 11 is 1.89. The van der Waals surface area contributed by atoms with Crippen molar-refractivity contribution in [3.05, 3.63) is 0 Å². The summed E-state index contributed by atoms with van der Waals surface area (Å²) in [6.45, 7) is 4.91. The first-order valence-electron chi connectivity index (χ1n) is 7.56. The van der Waals surface area contributed by atoms with E-state index in [-0.39, 0.29) is 11.8 Å². The Morgan fingerprint density at radius 1 is 1.21 bits per heavy atom. The molecule has 19 heavy (non-hydrogen) atoms. The minimum atomic E-state index is -0.660. The maximum atomic E-state index is 12.2. The average molecular weight is 285 g/mol. The van der Waals surface area contributed by atoms with Crippen LogP contribution in [-0.2, 0) is 4.79 Å². The van der Waals surface area contributed by atoms with E-state index in [1.54, 1.807) is 0 Å². The van der Waals surface area contributed by atoms with Crippen molar-refractivity contribution in [3.63, 3.8) is 0 Å². The molecular formula is C15H27NO2S. The van der Waals surface area contributed by atoms with Gasteiger partial charge in [-0.2, -0.15) is 11.8 Å². The fraction of sp³-hybridized carbons (Fsp3) is 0.933. The van der Waals surface area contributed by atoms with E-state index >= 15 is 0 Å². The first-order valence-corrected chi connectivity index (χ1v) is 8.72. The van der Waals surface area contributed by atoms with Crippen molar-refractivity contribution in [2.24, 2.45) is 17.8 Å². The molecule has 4 heteroatoms. The number of rotatable bonds is 3. The molecular weight excluding hydrogens is 258 g/mol. The Hall–Kier alpha value is -0.220. The van der Waals surface area contributed by atoms with Gasteiger partial charge >= 0.3 is 0 Å². The molecule has 1 amide bonds. The van der Waals surface area contributed by atoms with Crippen LogP contribution in [0.3, 0.4) is 0 Å². The summed E-state index contributed by atoms with van der Waals surface area (Å²) in [5.74, 6) is 3.61. The third-order valence-electron chi connectivity index (χ3n) is 4.56. The summed E-state index contributed by atoms with van der Waals surface area (Å²) in [5, 5.41) is 13.4. The number of thioether (sulfide) groups is 1. The van der Waals surface area contributed by atoms with Crippen LogP contribution < -0.4 is 5.32 Å². The lowest BCUT2D eigenvalue weighted by molar-refractivity contribution is -0.128. The summed E-state index contributed by atoms with van der Waals surface area (Å²) in [5.41, 5.74) is -0.660. The lowest BCUT2D eigenvalue weighted by Gasteiger charge is -2.34. The van der Waals surface area contributed by atoms with Gasteiger partial charge in [0.1, 0.15) is 0 Å². The molecule has 2 fully saturated rings. The predicted molar refractivity (Wildman–Crippen MR) is 80.2 cm³/mol. The van der Waals surface area contributed by atoms with Gasteiger partial charge in [0.25, 0.3) is 0 Å². The molecule has 0 radical (unpaired) electrons. The maximum Gasteiger partial charge on any atom is 0.223 e. The molecule has 1 aliphatic carbocycles. The average Bonchev–Trinajstić information content (AvgIpc) is 2.36. The van der Waals surface area contributed by atoms with Gasteiger partial charge in [-0.25, -0.2) is 0 Å². The summed E-state index contributed by atoms with van der Waals surface area (Å²) in [4.78, 5) is 12.2. The number of carbonyl (C=O) groups excluding carboxylic acids is 1. The largest absolute Gasteiger partial charge is 0.388 e. The number of hydrogen-bond donors (Lipinski definition) is 2. The molecule has 1 saturated heterocycles. The van der Waals surface area contributed by atoms with Gasteiger partial charge in [0, 0.05) is 12.5 Å². The molecule has 2 aliphatic rings. The van der Waals surface area contributed by atoms with Crippen molar-refractivity contribution >= 4 is 17.7 Å². The van der Waals surface area contributed by atoms with E-state index in [1.807, 2.05) is 11.8 Å². The van der Waals surface area contributed by atoms with E-state index in [1.165, 1.54) is 6.42 Å². The van der Waals surface area contributed by atoms with Crippen LogP contribution in [0.15, 0.2) is 0 Å². The van der Waals surface area contributed by atoms with Gasteiger partial charge in [0.05, 0.1) is 5.60 Å². The molecule has 1 aliphatic heterocycles. The fourth-order valence-corrected chi connectivity index (χ4v) is 4.74. The van der Waals surface area contributed by atoms with Crippen molar-refractivity contribution in [2.75, 3.05) is 18.1 Å². The Labute approximate surface area is 120 Å². The Morgan fingerprint density at radius 2 is 1.79 bits per heavy atom. The highest BCUT2D eigenvalue weighted by atomic mass is 32.2. The van der Waals surface area contributed by atoms with Crippen LogP contribution in [0, 0.1) is 17.8 Å². The molecule has 0 aromatic heterocycles. The zero-order chi connectivity index (χ0) is 13.9. The van der Waals surface area contributed by atoms with Crippen LogP contribution in [0.2, 0.25) is 0 Å². The second-order valence-electron chi connectivity index (χ2n) is 6.67. The Balaban J connectivity index is 1.80. The third-order valence-corrected chi connectivity index (χ3v) is 5.55. The van der Waals surface area contributed by atoms with Gasteiger partial charge < -0.3 is 10.4 Å². The molecule has 0 bridgehead atoms. The minimum absolute atomic E-state index is 0.153. The highest BCUT2D eigenvalue weighted by Gasteiger charge is 2.33. The summed E-state index contributed by atoms with van der Waals surface area (Å²) in [6, 6.07) is 0. The minimum Gasteiger partial charge on any atom is -0.388 e. The highest BCUT2D eigenvalue weighted by Crippen LogP contribution is 2.33. The topological polar surface area (TPSA) is 49.3 Å². The van der Waals surface area contributed by atoms with Crippen molar-refractivity contribution in [1.29, 1.82) is 0 Å². The van der Waals surface area contributed by atoms with Gasteiger partial charge in [-0.15, -0.1) is 0 Å². The Kier molecular flexibility index (Phi) is 5.18. The quantitative estimate of drug-likeness (QED) is 0.837. The fourth-order valence-electron chi connectivity index (χ4n) is 3.49. The van der Waals surface area contributed by atoms with E-state index in [0.29, 0.717) is 18.4 Å². The number of nitrogens with one attached hydrogen (secondary N) is 1. The van der Waals surface area contributed by atoms with E-state index in [4.69, 9.17) is 0 Å². The number of hydrogen-bond acceptors (Lipinski definition) is 3. The molecule has 1 saturated carbocycles. The van der Waals surface area contributed by atoms with E-state index in [2.05, 4.69) is 19.2 Å². The number of amides is 1. The molecule has 1 heterocycles. The van der Waals surface area contributed by atoms with Gasteiger partial charge in [-0.05, 0) is 55.4 Å². The molecule has 2 atom stereocenters. The molecule has 110 valence electrons. The molecule has 2 N–H and O–H groups in total. The van der Waals surface area contributed by atoms with Gasteiger partial charge in [-0.1, -0.05) is 13.8 Å². The first kappa shape index (κ1) is 15.2. The summed E-state index contributed by atoms with van der Waals surface area (Å²) in [7, 11) is 0. The summed E-state index contributed by atoms with van der Waals surface area (Å²) in [6.07, 6.45) is 4.85. The normalized spacial score (nSPS) is 34.8. The molecule has 2 unspecified atom stereocenters. The smallest absolute Gasteiger partial charge is 0.223 e. The molecule has 0 aromatic rings. The van der Waals surface area contributed by atoms with Gasteiger partial charge in [0.2, 0.25) is 5.91 Å². The summed E-state index contributed by atoms with van der Waals surface area (Å²) < 4.78 is 0. The number of aliphatic hydroxyl groups is 1. The SMILES string of the molecule is CC1CC(C)CC(C(=O)NCC2(O)CCSCC2)C1. The second kappa shape index (κ2) is 6.49. The lowest BCUT2D eigenvalue weighted by atomic mass is 9.76. The van der Waals surface area contributed by atoms with Crippen LogP contribution in [0.4, 0.5) is 0 Å². The second-order valence-corrected chi connectivity index (χ2v) is 7.89.